The summed E-state index contributed by atoms with van der Waals surface area (Å²) in [6.07, 6.45) is -4.42. The molecule has 0 saturated carbocycles. The van der Waals surface area contributed by atoms with Crippen LogP contribution in [-0.4, -0.2) is 20.0 Å². The molecule has 2 aromatic heterocycles. The Kier molecular flexibility index (Phi) is 3.46. The van der Waals surface area contributed by atoms with Crippen LogP contribution in [0.3, 0.4) is 0 Å². The van der Waals surface area contributed by atoms with Crippen LogP contribution in [0.2, 0.25) is 0 Å². The minimum atomic E-state index is -4.42. The largest absolute Gasteiger partial charge is 0.416 e. The number of aryl methyl sites for hydroxylation is 2. The van der Waals surface area contributed by atoms with E-state index in [0.29, 0.717) is 11.3 Å². The van der Waals surface area contributed by atoms with Crippen molar-refractivity contribution in [2.75, 3.05) is 0 Å². The molecular weight excluding hydrogens is 309 g/mol. The second kappa shape index (κ2) is 5.22. The fourth-order valence-electron chi connectivity index (χ4n) is 2.35. The lowest BCUT2D eigenvalue weighted by Gasteiger charge is -2.06. The molecule has 0 bridgehead atoms. The minimum absolute atomic E-state index is 0.0359. The highest BCUT2D eigenvalue weighted by atomic mass is 19.4. The van der Waals surface area contributed by atoms with E-state index in [4.69, 9.17) is 4.42 Å². The lowest BCUT2D eigenvalue weighted by atomic mass is 10.1. The van der Waals surface area contributed by atoms with Gasteiger partial charge in [-0.2, -0.15) is 18.3 Å². The van der Waals surface area contributed by atoms with Crippen LogP contribution in [0.1, 0.15) is 17.0 Å². The molecule has 3 rings (SSSR count). The van der Waals surface area contributed by atoms with Crippen LogP contribution in [0.4, 0.5) is 13.2 Å². The second-order valence-electron chi connectivity index (χ2n) is 5.16. The van der Waals surface area contributed by atoms with Gasteiger partial charge in [0, 0.05) is 18.3 Å². The predicted molar refractivity (Wildman–Crippen MR) is 76.4 cm³/mol. The first-order valence-electron chi connectivity index (χ1n) is 6.79. The zero-order chi connectivity index (χ0) is 16.8. The quantitative estimate of drug-likeness (QED) is 0.720. The lowest BCUT2D eigenvalue weighted by Crippen LogP contribution is -2.04. The molecule has 0 aliphatic heterocycles. The highest BCUT2D eigenvalue weighted by Gasteiger charge is 2.31. The predicted octanol–water partition coefficient (Wildman–Crippen LogP) is 3.77. The molecule has 0 aliphatic rings. The molecule has 5 nitrogen and oxygen atoms in total. The van der Waals surface area contributed by atoms with Crippen molar-refractivity contribution in [3.05, 3.63) is 41.2 Å². The summed E-state index contributed by atoms with van der Waals surface area (Å²) in [5, 5.41) is 12.1. The first-order valence-corrected chi connectivity index (χ1v) is 6.79. The Morgan fingerprint density at radius 2 is 1.78 bits per heavy atom. The third-order valence-electron chi connectivity index (χ3n) is 3.58. The van der Waals surface area contributed by atoms with Gasteiger partial charge >= 0.3 is 6.18 Å². The van der Waals surface area contributed by atoms with Crippen molar-refractivity contribution in [3.63, 3.8) is 0 Å². The smallest absolute Gasteiger partial charge is 0.416 e. The van der Waals surface area contributed by atoms with Gasteiger partial charge in [0.25, 0.3) is 5.89 Å². The normalized spacial score (nSPS) is 11.9. The first kappa shape index (κ1) is 15.3. The molecule has 2 heterocycles. The van der Waals surface area contributed by atoms with E-state index in [0.717, 1.165) is 17.8 Å². The van der Waals surface area contributed by atoms with Crippen LogP contribution in [0.5, 0.6) is 0 Å². The summed E-state index contributed by atoms with van der Waals surface area (Å²) in [5.41, 5.74) is 1.70. The average molecular weight is 322 g/mol. The van der Waals surface area contributed by atoms with Crippen LogP contribution >= 0.6 is 0 Å². The number of benzene rings is 1. The molecule has 0 atom stereocenters. The Labute approximate surface area is 129 Å². The summed E-state index contributed by atoms with van der Waals surface area (Å²) in [6, 6.07) is 4.79. The van der Waals surface area contributed by atoms with Crippen molar-refractivity contribution in [1.82, 2.24) is 20.0 Å². The summed E-state index contributed by atoms with van der Waals surface area (Å²) in [6.45, 7) is 3.65. The molecular formula is C15H13F3N4O. The highest BCUT2D eigenvalue weighted by molar-refractivity contribution is 5.62. The molecule has 0 unspecified atom stereocenters. The Bertz CT molecular complexity index is 864. The number of aromatic nitrogens is 4. The number of nitrogens with zero attached hydrogens (tertiary/aromatic N) is 4. The maximum atomic E-state index is 12.8. The van der Waals surface area contributed by atoms with Gasteiger partial charge in [0.1, 0.15) is 0 Å². The van der Waals surface area contributed by atoms with Crippen LogP contribution in [0.15, 0.2) is 28.7 Å². The highest BCUT2D eigenvalue weighted by Crippen LogP contribution is 2.33. The van der Waals surface area contributed by atoms with E-state index >= 15 is 0 Å². The van der Waals surface area contributed by atoms with Gasteiger partial charge in [-0.05, 0) is 32.0 Å². The third-order valence-corrected chi connectivity index (χ3v) is 3.58. The monoisotopic (exact) mass is 322 g/mol. The molecule has 0 N–H and O–H groups in total. The van der Waals surface area contributed by atoms with Gasteiger partial charge in [-0.25, -0.2) is 0 Å². The van der Waals surface area contributed by atoms with Crippen molar-refractivity contribution < 1.29 is 17.6 Å². The van der Waals surface area contributed by atoms with Gasteiger partial charge in [-0.3, -0.25) is 4.68 Å². The molecule has 0 radical (unpaired) electrons. The summed E-state index contributed by atoms with van der Waals surface area (Å²) in [4.78, 5) is 0. The third kappa shape index (κ3) is 2.71. The molecule has 0 spiro atoms. The van der Waals surface area contributed by atoms with Gasteiger partial charge in [-0.1, -0.05) is 6.07 Å². The van der Waals surface area contributed by atoms with Crippen LogP contribution < -0.4 is 0 Å². The van der Waals surface area contributed by atoms with Crippen molar-refractivity contribution in [2.24, 2.45) is 7.05 Å². The molecule has 0 fully saturated rings. The van der Waals surface area contributed by atoms with Crippen molar-refractivity contribution in [1.29, 1.82) is 0 Å². The fourth-order valence-corrected chi connectivity index (χ4v) is 2.35. The lowest BCUT2D eigenvalue weighted by molar-refractivity contribution is -0.137. The molecule has 23 heavy (non-hydrogen) atoms. The maximum Gasteiger partial charge on any atom is 0.416 e. The molecule has 120 valence electrons. The average Bonchev–Trinajstić information content (AvgIpc) is 3.04. The molecule has 0 aliphatic carbocycles. The SMILES string of the molecule is Cc1nn(C)c(C)c1-c1nnc(-c2cccc(C(F)(F)F)c2)o1. The van der Waals surface area contributed by atoms with Crippen LogP contribution in [-0.2, 0) is 13.2 Å². The maximum absolute atomic E-state index is 12.8. The van der Waals surface area contributed by atoms with E-state index in [2.05, 4.69) is 15.3 Å². The zero-order valence-electron chi connectivity index (χ0n) is 12.6. The van der Waals surface area contributed by atoms with Gasteiger partial charge in [0.2, 0.25) is 5.89 Å². The summed E-state index contributed by atoms with van der Waals surface area (Å²) >= 11 is 0. The van der Waals surface area contributed by atoms with E-state index in [1.165, 1.54) is 12.1 Å². The van der Waals surface area contributed by atoms with E-state index in [9.17, 15) is 13.2 Å². The molecule has 3 aromatic rings. The molecule has 1 aromatic carbocycles. The number of halogens is 3. The van der Waals surface area contributed by atoms with Gasteiger partial charge in [0.05, 0.1) is 16.8 Å². The Hall–Kier alpha value is -2.64. The van der Waals surface area contributed by atoms with Crippen molar-refractivity contribution in [3.8, 4) is 22.9 Å². The first-order chi connectivity index (χ1) is 10.8. The minimum Gasteiger partial charge on any atom is -0.416 e. The van der Waals surface area contributed by atoms with Gasteiger partial charge in [0.15, 0.2) is 0 Å². The second-order valence-corrected chi connectivity index (χ2v) is 5.16. The zero-order valence-corrected chi connectivity index (χ0v) is 12.6. The number of alkyl halides is 3. The summed E-state index contributed by atoms with van der Waals surface area (Å²) < 4.78 is 45.6. The Morgan fingerprint density at radius 3 is 2.39 bits per heavy atom. The van der Waals surface area contributed by atoms with Crippen LogP contribution in [0, 0.1) is 13.8 Å². The Balaban J connectivity index is 2.03. The Morgan fingerprint density at radius 1 is 1.09 bits per heavy atom. The fraction of sp³-hybridized carbons (Fsp3) is 0.267. The van der Waals surface area contributed by atoms with E-state index in [-0.39, 0.29) is 17.3 Å². The molecule has 0 saturated heterocycles. The standard InChI is InChI=1S/C15H13F3N4O/c1-8-12(9(2)22(3)21-8)14-20-19-13(23-14)10-5-4-6-11(7-10)15(16,17)18/h4-7H,1-3H3. The molecule has 8 heteroatoms. The van der Waals surface area contributed by atoms with Gasteiger partial charge < -0.3 is 4.42 Å². The summed E-state index contributed by atoms with van der Waals surface area (Å²) in [7, 11) is 1.79. The topological polar surface area (TPSA) is 56.7 Å². The number of hydrogen-bond donors (Lipinski definition) is 0. The van der Waals surface area contributed by atoms with Crippen molar-refractivity contribution >= 4 is 0 Å². The van der Waals surface area contributed by atoms with E-state index in [1.54, 1.807) is 18.7 Å². The number of rotatable bonds is 2. The van der Waals surface area contributed by atoms with Crippen molar-refractivity contribution in [2.45, 2.75) is 20.0 Å². The summed E-state index contributed by atoms with van der Waals surface area (Å²) in [5.74, 6) is 0.272. The van der Waals surface area contributed by atoms with E-state index in [1.807, 2.05) is 6.92 Å². The molecule has 0 amide bonds. The van der Waals surface area contributed by atoms with Crippen LogP contribution in [0.25, 0.3) is 22.9 Å². The van der Waals surface area contributed by atoms with Gasteiger partial charge in [-0.15, -0.1) is 10.2 Å². The van der Waals surface area contributed by atoms with E-state index < -0.39 is 11.7 Å². The number of hydrogen-bond acceptors (Lipinski definition) is 4.